The molecule has 15 heavy (non-hydrogen) atoms. The molecule has 0 amide bonds. The maximum atomic E-state index is 13.6. The Morgan fingerprint density at radius 3 is 2.93 bits per heavy atom. The molecule has 2 nitrogen and oxygen atoms in total. The predicted octanol–water partition coefficient (Wildman–Crippen LogP) is 3.02. The minimum Gasteiger partial charge on any atom is -0.487 e. The highest BCUT2D eigenvalue weighted by atomic mass is 79.9. The Kier molecular flexibility index (Phi) is 2.98. The number of halogens is 2. The van der Waals surface area contributed by atoms with Gasteiger partial charge in [0.2, 0.25) is 0 Å². The fourth-order valence-electron chi connectivity index (χ4n) is 1.94. The van der Waals surface area contributed by atoms with Crippen LogP contribution in [0.15, 0.2) is 16.6 Å². The van der Waals surface area contributed by atoms with E-state index in [-0.39, 0.29) is 18.0 Å². The molecule has 2 rings (SSSR count). The molecule has 0 radical (unpaired) electrons. The highest BCUT2D eigenvalue weighted by Crippen LogP contribution is 2.38. The number of hydrogen-bond acceptors (Lipinski definition) is 2. The lowest BCUT2D eigenvalue weighted by atomic mass is 9.97. The van der Waals surface area contributed by atoms with Crippen molar-refractivity contribution in [3.63, 3.8) is 0 Å². The Labute approximate surface area is 96.9 Å². The zero-order valence-corrected chi connectivity index (χ0v) is 10.3. The molecule has 1 aromatic carbocycles. The second-order valence-corrected chi connectivity index (χ2v) is 4.73. The molecule has 4 heteroatoms. The van der Waals surface area contributed by atoms with Crippen molar-refractivity contribution in [2.75, 3.05) is 7.05 Å². The van der Waals surface area contributed by atoms with Crippen molar-refractivity contribution in [3.05, 3.63) is 28.0 Å². The van der Waals surface area contributed by atoms with Crippen molar-refractivity contribution in [3.8, 4) is 5.75 Å². The predicted molar refractivity (Wildman–Crippen MR) is 60.6 cm³/mol. The molecular weight excluding hydrogens is 261 g/mol. The molecule has 82 valence electrons. The van der Waals surface area contributed by atoms with E-state index in [2.05, 4.69) is 21.2 Å². The Morgan fingerprint density at radius 1 is 1.53 bits per heavy atom. The molecule has 0 bridgehead atoms. The minimum absolute atomic E-state index is 0.0469. The maximum Gasteiger partial charge on any atom is 0.166 e. The largest absolute Gasteiger partial charge is 0.487 e. The summed E-state index contributed by atoms with van der Waals surface area (Å²) in [5.41, 5.74) is 0.891. The molecular formula is C11H13BrFNO. The van der Waals surface area contributed by atoms with Gasteiger partial charge in [0.1, 0.15) is 0 Å². The van der Waals surface area contributed by atoms with Crippen LogP contribution in [0.1, 0.15) is 24.9 Å². The van der Waals surface area contributed by atoms with Gasteiger partial charge in [-0.2, -0.15) is 0 Å². The lowest BCUT2D eigenvalue weighted by molar-refractivity contribution is 0.160. The second-order valence-electron chi connectivity index (χ2n) is 3.81. The number of hydrogen-bond donors (Lipinski definition) is 1. The van der Waals surface area contributed by atoms with Crippen LogP contribution >= 0.6 is 15.9 Å². The van der Waals surface area contributed by atoms with Crippen molar-refractivity contribution >= 4 is 15.9 Å². The lowest BCUT2D eigenvalue weighted by Crippen LogP contribution is -2.30. The van der Waals surface area contributed by atoms with Crippen molar-refractivity contribution in [1.29, 1.82) is 0 Å². The van der Waals surface area contributed by atoms with Crippen LogP contribution in [-0.4, -0.2) is 13.2 Å². The van der Waals surface area contributed by atoms with Gasteiger partial charge in [0, 0.05) is 22.5 Å². The number of ether oxygens (including phenoxy) is 1. The van der Waals surface area contributed by atoms with E-state index < -0.39 is 0 Å². The van der Waals surface area contributed by atoms with Crippen molar-refractivity contribution in [1.82, 2.24) is 5.32 Å². The third kappa shape index (κ3) is 2.01. The van der Waals surface area contributed by atoms with Gasteiger partial charge in [-0.3, -0.25) is 0 Å². The third-order valence-corrected chi connectivity index (χ3v) is 3.11. The molecule has 1 heterocycles. The first kappa shape index (κ1) is 10.9. The zero-order valence-electron chi connectivity index (χ0n) is 8.68. The zero-order chi connectivity index (χ0) is 11.0. The van der Waals surface area contributed by atoms with E-state index in [0.29, 0.717) is 5.75 Å². The van der Waals surface area contributed by atoms with Gasteiger partial charge in [0.05, 0.1) is 6.10 Å². The molecule has 1 aromatic rings. The van der Waals surface area contributed by atoms with Gasteiger partial charge in [0.25, 0.3) is 0 Å². The summed E-state index contributed by atoms with van der Waals surface area (Å²) in [6, 6.07) is 3.51. The molecule has 0 saturated heterocycles. The summed E-state index contributed by atoms with van der Waals surface area (Å²) in [5, 5.41) is 3.18. The minimum atomic E-state index is -0.300. The van der Waals surface area contributed by atoms with Crippen LogP contribution in [0.2, 0.25) is 0 Å². The van der Waals surface area contributed by atoms with E-state index >= 15 is 0 Å². The summed E-state index contributed by atoms with van der Waals surface area (Å²) >= 11 is 3.29. The SMILES string of the molecule is CNC1CC(C)Oc2c(F)cc(Br)cc21. The summed E-state index contributed by atoms with van der Waals surface area (Å²) in [4.78, 5) is 0. The molecule has 1 aliphatic rings. The average molecular weight is 274 g/mol. The van der Waals surface area contributed by atoms with Gasteiger partial charge in [0.15, 0.2) is 11.6 Å². The quantitative estimate of drug-likeness (QED) is 0.850. The van der Waals surface area contributed by atoms with E-state index in [0.717, 1.165) is 16.5 Å². The molecule has 1 aliphatic heterocycles. The standard InChI is InChI=1S/C11H13BrFNO/c1-6-3-10(14-2)8-4-7(12)5-9(13)11(8)15-6/h4-6,10,14H,3H2,1-2H3. The summed E-state index contributed by atoms with van der Waals surface area (Å²) in [5.74, 6) is 0.0856. The molecule has 0 aromatic heterocycles. The highest BCUT2D eigenvalue weighted by molar-refractivity contribution is 9.10. The molecule has 0 spiro atoms. The van der Waals surface area contributed by atoms with Gasteiger partial charge >= 0.3 is 0 Å². The van der Waals surface area contributed by atoms with Crippen LogP contribution in [0.5, 0.6) is 5.75 Å². The molecule has 2 unspecified atom stereocenters. The second kappa shape index (κ2) is 4.10. The van der Waals surface area contributed by atoms with Crippen LogP contribution in [0.25, 0.3) is 0 Å². The smallest absolute Gasteiger partial charge is 0.166 e. The summed E-state index contributed by atoms with van der Waals surface area (Å²) in [6.07, 6.45) is 0.907. The summed E-state index contributed by atoms with van der Waals surface area (Å²) in [7, 11) is 1.88. The number of rotatable bonds is 1. The number of benzene rings is 1. The highest BCUT2D eigenvalue weighted by Gasteiger charge is 2.27. The fourth-order valence-corrected chi connectivity index (χ4v) is 2.39. The third-order valence-electron chi connectivity index (χ3n) is 2.65. The molecule has 0 fully saturated rings. The van der Waals surface area contributed by atoms with Crippen LogP contribution in [0.4, 0.5) is 4.39 Å². The van der Waals surface area contributed by atoms with E-state index in [1.54, 1.807) is 0 Å². The number of fused-ring (bicyclic) bond motifs is 1. The van der Waals surface area contributed by atoms with Crippen molar-refractivity contribution in [2.24, 2.45) is 0 Å². The van der Waals surface area contributed by atoms with Crippen LogP contribution in [-0.2, 0) is 0 Å². The number of nitrogens with one attached hydrogen (secondary N) is 1. The van der Waals surface area contributed by atoms with Crippen LogP contribution in [0, 0.1) is 5.82 Å². The molecule has 0 saturated carbocycles. The van der Waals surface area contributed by atoms with Crippen LogP contribution in [0.3, 0.4) is 0 Å². The first-order valence-corrected chi connectivity index (χ1v) is 5.74. The molecule has 1 N–H and O–H groups in total. The van der Waals surface area contributed by atoms with E-state index in [4.69, 9.17) is 4.74 Å². The van der Waals surface area contributed by atoms with E-state index in [1.807, 2.05) is 20.0 Å². The Morgan fingerprint density at radius 2 is 2.27 bits per heavy atom. The average Bonchev–Trinajstić information content (AvgIpc) is 2.18. The van der Waals surface area contributed by atoms with Crippen LogP contribution < -0.4 is 10.1 Å². The van der Waals surface area contributed by atoms with E-state index in [1.165, 1.54) is 6.07 Å². The maximum absolute atomic E-state index is 13.6. The lowest BCUT2D eigenvalue weighted by Gasteiger charge is -2.30. The van der Waals surface area contributed by atoms with Gasteiger partial charge in [-0.05, 0) is 26.1 Å². The Hall–Kier alpha value is -0.610. The van der Waals surface area contributed by atoms with Gasteiger partial charge in [-0.25, -0.2) is 4.39 Å². The Bertz CT molecular complexity index is 383. The normalized spacial score (nSPS) is 24.5. The first-order chi connectivity index (χ1) is 7.11. The molecule has 0 aliphatic carbocycles. The summed E-state index contributed by atoms with van der Waals surface area (Å²) < 4.78 is 19.9. The Balaban J connectivity index is 2.51. The monoisotopic (exact) mass is 273 g/mol. The van der Waals surface area contributed by atoms with E-state index in [9.17, 15) is 4.39 Å². The topological polar surface area (TPSA) is 21.3 Å². The van der Waals surface area contributed by atoms with Gasteiger partial charge in [-0.1, -0.05) is 15.9 Å². The van der Waals surface area contributed by atoms with Gasteiger partial charge < -0.3 is 10.1 Å². The fraction of sp³-hybridized carbons (Fsp3) is 0.455. The van der Waals surface area contributed by atoms with Crippen molar-refractivity contribution < 1.29 is 9.13 Å². The van der Waals surface area contributed by atoms with Gasteiger partial charge in [-0.15, -0.1) is 0 Å². The van der Waals surface area contributed by atoms with Crippen molar-refractivity contribution in [2.45, 2.75) is 25.5 Å². The molecule has 2 atom stereocenters. The first-order valence-electron chi connectivity index (χ1n) is 4.94. The summed E-state index contributed by atoms with van der Waals surface area (Å²) in [6.45, 7) is 1.95.